The Hall–Kier alpha value is 0.160. The van der Waals surface area contributed by atoms with E-state index in [9.17, 15) is 0 Å². The summed E-state index contributed by atoms with van der Waals surface area (Å²) in [5, 5.41) is 0.864. The summed E-state index contributed by atoms with van der Waals surface area (Å²) in [5.74, 6) is 1.15. The van der Waals surface area contributed by atoms with Crippen LogP contribution in [0.1, 0.15) is 11.5 Å². The normalized spacial score (nSPS) is 12.2. The number of hydrogen-bond acceptors (Lipinski definition) is 1. The first-order chi connectivity index (χ1) is 9.61. The lowest BCUT2D eigenvalue weighted by Gasteiger charge is -2.17. The molecule has 0 aliphatic carbocycles. The monoisotopic (exact) mass is 524 g/mol. The van der Waals surface area contributed by atoms with Gasteiger partial charge in [-0.15, -0.1) is 0 Å². The summed E-state index contributed by atoms with van der Waals surface area (Å²) in [4.78, 5) is 0. The van der Waals surface area contributed by atoms with Crippen LogP contribution >= 0.6 is 63.7 Å². The zero-order chi connectivity index (χ0) is 14.5. The highest BCUT2D eigenvalue weighted by Crippen LogP contribution is 2.37. The first-order valence-electron chi connectivity index (χ1n) is 6.00. The molecule has 0 fully saturated rings. The van der Waals surface area contributed by atoms with Crippen LogP contribution in [0.15, 0.2) is 55.9 Å². The zero-order valence-electron chi connectivity index (χ0n) is 10.5. The minimum atomic E-state index is 0.318. The maximum Gasteiger partial charge on any atom is 0.147 e. The van der Waals surface area contributed by atoms with Crippen molar-refractivity contribution in [3.05, 3.63) is 61.4 Å². The number of alkyl halides is 1. The highest BCUT2D eigenvalue weighted by molar-refractivity contribution is 9.11. The van der Waals surface area contributed by atoms with Gasteiger partial charge in [0.15, 0.2) is 0 Å². The molecule has 2 aromatic rings. The summed E-state index contributed by atoms with van der Waals surface area (Å²) in [5.41, 5.74) is 1.27. The van der Waals surface area contributed by atoms with Gasteiger partial charge >= 0.3 is 0 Å². The molecule has 1 atom stereocenters. The van der Waals surface area contributed by atoms with E-state index in [1.54, 1.807) is 0 Å². The lowest BCUT2D eigenvalue weighted by Crippen LogP contribution is -2.12. The summed E-state index contributed by atoms with van der Waals surface area (Å²) >= 11 is 14.1. The van der Waals surface area contributed by atoms with E-state index in [4.69, 9.17) is 4.74 Å². The lowest BCUT2D eigenvalue weighted by molar-refractivity contribution is 0.294. The molecule has 5 heteroatoms. The molecule has 1 nitrogen and oxygen atoms in total. The Morgan fingerprint density at radius 1 is 0.950 bits per heavy atom. The number of halogens is 4. The van der Waals surface area contributed by atoms with Crippen LogP contribution in [0.4, 0.5) is 0 Å². The summed E-state index contributed by atoms with van der Waals surface area (Å²) < 4.78 is 8.85. The molecule has 0 spiro atoms. The summed E-state index contributed by atoms with van der Waals surface area (Å²) in [6, 6.07) is 14.3. The van der Waals surface area contributed by atoms with Gasteiger partial charge in [0.2, 0.25) is 0 Å². The Morgan fingerprint density at radius 3 is 2.10 bits per heavy atom. The van der Waals surface area contributed by atoms with Gasteiger partial charge in [0.25, 0.3) is 0 Å². The number of benzene rings is 2. The van der Waals surface area contributed by atoms with Crippen LogP contribution in [0.3, 0.4) is 0 Å². The fraction of sp³-hybridized carbons (Fsp3) is 0.200. The van der Waals surface area contributed by atoms with Gasteiger partial charge in [-0.3, -0.25) is 0 Å². The molecule has 0 saturated heterocycles. The molecule has 2 rings (SSSR count). The van der Waals surface area contributed by atoms with Crippen molar-refractivity contribution in [2.75, 3.05) is 11.9 Å². The fourth-order valence-corrected chi connectivity index (χ4v) is 4.85. The smallest absolute Gasteiger partial charge is 0.147 e. The van der Waals surface area contributed by atoms with Crippen LogP contribution in [0, 0.1) is 0 Å². The highest BCUT2D eigenvalue weighted by Gasteiger charge is 2.14. The Morgan fingerprint density at radius 2 is 1.55 bits per heavy atom. The lowest BCUT2D eigenvalue weighted by atomic mass is 10.0. The van der Waals surface area contributed by atoms with E-state index in [0.29, 0.717) is 12.5 Å². The van der Waals surface area contributed by atoms with Crippen molar-refractivity contribution in [3.63, 3.8) is 0 Å². The molecule has 0 aromatic heterocycles. The van der Waals surface area contributed by atoms with E-state index in [1.807, 2.05) is 18.2 Å². The molecule has 0 amide bonds. The summed E-state index contributed by atoms with van der Waals surface area (Å²) in [7, 11) is 0. The van der Waals surface area contributed by atoms with Gasteiger partial charge in [0, 0.05) is 15.7 Å². The van der Waals surface area contributed by atoms with Crippen LogP contribution in [0.25, 0.3) is 0 Å². The highest BCUT2D eigenvalue weighted by atomic mass is 79.9. The predicted molar refractivity (Wildman–Crippen MR) is 98.0 cm³/mol. The first-order valence-corrected chi connectivity index (χ1v) is 9.50. The van der Waals surface area contributed by atoms with Crippen LogP contribution in [-0.4, -0.2) is 11.9 Å². The van der Waals surface area contributed by atoms with E-state index >= 15 is 0 Å². The first kappa shape index (κ1) is 16.5. The third kappa shape index (κ3) is 4.33. The van der Waals surface area contributed by atoms with E-state index in [0.717, 1.165) is 24.5 Å². The van der Waals surface area contributed by atoms with E-state index in [-0.39, 0.29) is 0 Å². The van der Waals surface area contributed by atoms with Crippen LogP contribution in [0.5, 0.6) is 5.75 Å². The molecular formula is C15H12Br4O. The van der Waals surface area contributed by atoms with Gasteiger partial charge in [-0.05, 0) is 49.6 Å². The van der Waals surface area contributed by atoms with Gasteiger partial charge in [-0.2, -0.15) is 0 Å². The Kier molecular flexibility index (Phi) is 6.59. The van der Waals surface area contributed by atoms with Gasteiger partial charge in [0.1, 0.15) is 5.75 Å². The second-order valence-electron chi connectivity index (χ2n) is 4.27. The molecule has 0 radical (unpaired) electrons. The van der Waals surface area contributed by atoms with Crippen molar-refractivity contribution in [2.45, 2.75) is 5.92 Å². The van der Waals surface area contributed by atoms with Gasteiger partial charge in [-0.1, -0.05) is 62.2 Å². The van der Waals surface area contributed by atoms with Gasteiger partial charge in [0.05, 0.1) is 15.6 Å². The summed E-state index contributed by atoms with van der Waals surface area (Å²) in [6.45, 7) is 0.619. The van der Waals surface area contributed by atoms with Crippen LogP contribution < -0.4 is 4.74 Å². The molecule has 0 bridgehead atoms. The predicted octanol–water partition coefficient (Wildman–Crippen LogP) is 6.53. The van der Waals surface area contributed by atoms with Crippen molar-refractivity contribution in [3.8, 4) is 5.75 Å². The molecule has 0 heterocycles. The zero-order valence-corrected chi connectivity index (χ0v) is 16.8. The standard InChI is InChI=1S/C15H12Br4O/c16-8-11(10-4-2-1-3-5-10)9-20-15-13(18)6-12(17)7-14(15)19/h1-7,11H,8-9H2. The Labute approximate surface area is 152 Å². The largest absolute Gasteiger partial charge is 0.491 e. The van der Waals surface area contributed by atoms with Gasteiger partial charge in [-0.25, -0.2) is 0 Å². The van der Waals surface area contributed by atoms with Crippen molar-refractivity contribution >= 4 is 63.7 Å². The van der Waals surface area contributed by atoms with Crippen LogP contribution in [-0.2, 0) is 0 Å². The van der Waals surface area contributed by atoms with E-state index in [2.05, 4.69) is 88.0 Å². The van der Waals surface area contributed by atoms with Crippen molar-refractivity contribution in [1.29, 1.82) is 0 Å². The number of hydrogen-bond donors (Lipinski definition) is 0. The maximum atomic E-state index is 5.99. The van der Waals surface area contributed by atoms with E-state index in [1.165, 1.54) is 5.56 Å². The molecular weight excluding hydrogens is 516 g/mol. The third-order valence-corrected chi connectivity index (χ3v) is 5.27. The molecule has 0 aliphatic heterocycles. The molecule has 2 aromatic carbocycles. The molecule has 106 valence electrons. The number of ether oxygens (including phenoxy) is 1. The average Bonchev–Trinajstić information content (AvgIpc) is 2.43. The third-order valence-electron chi connectivity index (χ3n) is 2.85. The fourth-order valence-electron chi connectivity index (χ4n) is 1.81. The minimum Gasteiger partial charge on any atom is -0.491 e. The minimum absolute atomic E-state index is 0.318. The number of rotatable bonds is 5. The van der Waals surface area contributed by atoms with Crippen molar-refractivity contribution in [2.24, 2.45) is 0 Å². The summed E-state index contributed by atoms with van der Waals surface area (Å²) in [6.07, 6.45) is 0. The quantitative estimate of drug-likeness (QED) is 0.402. The SMILES string of the molecule is BrCC(COc1c(Br)cc(Br)cc1Br)c1ccccc1. The van der Waals surface area contributed by atoms with Gasteiger partial charge < -0.3 is 4.74 Å². The Bertz CT molecular complexity index is 548. The second kappa shape index (κ2) is 7.97. The molecule has 0 aliphatic rings. The second-order valence-corrected chi connectivity index (χ2v) is 7.54. The topological polar surface area (TPSA) is 9.23 Å². The average molecular weight is 528 g/mol. The van der Waals surface area contributed by atoms with Crippen molar-refractivity contribution < 1.29 is 4.74 Å². The molecule has 0 N–H and O–H groups in total. The molecule has 1 unspecified atom stereocenters. The Balaban J connectivity index is 2.12. The molecule has 0 saturated carbocycles. The maximum absolute atomic E-state index is 5.99. The molecule has 20 heavy (non-hydrogen) atoms. The van der Waals surface area contributed by atoms with E-state index < -0.39 is 0 Å². The van der Waals surface area contributed by atoms with Crippen LogP contribution in [0.2, 0.25) is 0 Å². The van der Waals surface area contributed by atoms with Crippen molar-refractivity contribution in [1.82, 2.24) is 0 Å².